The Kier molecular flexibility index (Phi) is 6.80. The van der Waals surface area contributed by atoms with Crippen LogP contribution < -0.4 is 5.32 Å². The number of hydrogen-bond acceptors (Lipinski definition) is 5. The van der Waals surface area contributed by atoms with E-state index < -0.39 is 0 Å². The molecule has 8 heteroatoms. The van der Waals surface area contributed by atoms with Crippen molar-refractivity contribution < 1.29 is 9.90 Å². The molecule has 0 radical (unpaired) electrons. The molecule has 1 amide bonds. The van der Waals surface area contributed by atoms with Crippen LogP contribution in [0.25, 0.3) is 17.1 Å². The molecule has 0 aliphatic rings. The molecule has 32 heavy (non-hydrogen) atoms. The topological polar surface area (TPSA) is 80.0 Å². The molecular formula is C24H21IN4O2S. The SMILES string of the molecule is Cc1ccc(-n2c(SCC(=O)Nc3cccc(I)c3)nnc2-c2ccccc2O)c(C)c1. The Hall–Kier alpha value is -2.85. The Labute approximate surface area is 204 Å². The normalized spacial score (nSPS) is 10.8. The second kappa shape index (κ2) is 9.74. The summed E-state index contributed by atoms with van der Waals surface area (Å²) in [5.74, 6) is 0.695. The molecular weight excluding hydrogens is 535 g/mol. The number of aryl methyl sites for hydroxylation is 2. The van der Waals surface area contributed by atoms with E-state index in [4.69, 9.17) is 0 Å². The molecule has 0 saturated carbocycles. The van der Waals surface area contributed by atoms with Crippen LogP contribution in [0.3, 0.4) is 0 Å². The van der Waals surface area contributed by atoms with Crippen LogP contribution in [0.5, 0.6) is 5.75 Å². The average molecular weight is 556 g/mol. The third kappa shape index (κ3) is 4.97. The second-order valence-electron chi connectivity index (χ2n) is 7.30. The third-order valence-corrected chi connectivity index (χ3v) is 6.41. The van der Waals surface area contributed by atoms with Crippen LogP contribution in [-0.4, -0.2) is 31.5 Å². The Morgan fingerprint density at radius 1 is 1.06 bits per heavy atom. The summed E-state index contributed by atoms with van der Waals surface area (Å²) in [6.45, 7) is 4.06. The van der Waals surface area contributed by atoms with E-state index in [1.54, 1.807) is 18.2 Å². The quantitative estimate of drug-likeness (QED) is 0.239. The van der Waals surface area contributed by atoms with Crippen LogP contribution >= 0.6 is 34.4 Å². The van der Waals surface area contributed by atoms with Gasteiger partial charge in [-0.25, -0.2) is 0 Å². The lowest BCUT2D eigenvalue weighted by molar-refractivity contribution is -0.113. The molecule has 162 valence electrons. The minimum absolute atomic E-state index is 0.124. The number of carbonyl (C=O) groups is 1. The lowest BCUT2D eigenvalue weighted by atomic mass is 10.1. The lowest BCUT2D eigenvalue weighted by Gasteiger charge is -2.14. The molecule has 0 aliphatic carbocycles. The minimum Gasteiger partial charge on any atom is -0.507 e. The number of benzene rings is 3. The van der Waals surface area contributed by atoms with Gasteiger partial charge in [-0.1, -0.05) is 47.7 Å². The molecule has 0 spiro atoms. The summed E-state index contributed by atoms with van der Waals surface area (Å²) in [6, 6.07) is 20.8. The molecule has 0 atom stereocenters. The number of carbonyl (C=O) groups excluding carboxylic acids is 1. The fourth-order valence-corrected chi connectivity index (χ4v) is 4.66. The molecule has 4 rings (SSSR count). The van der Waals surface area contributed by atoms with E-state index in [-0.39, 0.29) is 17.4 Å². The van der Waals surface area contributed by atoms with Crippen molar-refractivity contribution in [3.05, 3.63) is 81.4 Å². The molecule has 0 bridgehead atoms. The average Bonchev–Trinajstić information content (AvgIpc) is 3.16. The van der Waals surface area contributed by atoms with Gasteiger partial charge >= 0.3 is 0 Å². The summed E-state index contributed by atoms with van der Waals surface area (Å²) in [7, 11) is 0. The molecule has 0 fully saturated rings. The number of amides is 1. The molecule has 6 nitrogen and oxygen atoms in total. The van der Waals surface area contributed by atoms with Crippen molar-refractivity contribution in [3.63, 3.8) is 0 Å². The van der Waals surface area contributed by atoms with Gasteiger partial charge in [0.2, 0.25) is 5.91 Å². The maximum absolute atomic E-state index is 12.6. The number of nitrogens with zero attached hydrogens (tertiary/aromatic N) is 3. The van der Waals surface area contributed by atoms with Crippen LogP contribution in [0.1, 0.15) is 11.1 Å². The first-order valence-electron chi connectivity index (χ1n) is 9.92. The maximum atomic E-state index is 12.6. The molecule has 4 aromatic rings. The van der Waals surface area contributed by atoms with Gasteiger partial charge in [0, 0.05) is 9.26 Å². The van der Waals surface area contributed by atoms with Crippen molar-refractivity contribution in [2.24, 2.45) is 0 Å². The van der Waals surface area contributed by atoms with Crippen molar-refractivity contribution in [3.8, 4) is 22.8 Å². The number of aromatic hydroxyl groups is 1. The van der Waals surface area contributed by atoms with Gasteiger partial charge in [0.1, 0.15) is 5.75 Å². The maximum Gasteiger partial charge on any atom is 0.234 e. The number of para-hydroxylation sites is 1. The van der Waals surface area contributed by atoms with E-state index in [1.165, 1.54) is 11.8 Å². The Bertz CT molecular complexity index is 1290. The monoisotopic (exact) mass is 556 g/mol. The number of phenols is 1. The predicted octanol–water partition coefficient (Wildman–Crippen LogP) is 5.59. The number of nitrogens with one attached hydrogen (secondary N) is 1. The smallest absolute Gasteiger partial charge is 0.234 e. The lowest BCUT2D eigenvalue weighted by Crippen LogP contribution is -2.14. The largest absolute Gasteiger partial charge is 0.507 e. The zero-order chi connectivity index (χ0) is 22.7. The highest BCUT2D eigenvalue weighted by Gasteiger charge is 2.20. The fraction of sp³-hybridized carbons (Fsp3) is 0.125. The highest BCUT2D eigenvalue weighted by Crippen LogP contribution is 2.33. The molecule has 2 N–H and O–H groups in total. The van der Waals surface area contributed by atoms with Crippen LogP contribution in [0.15, 0.2) is 71.9 Å². The number of aromatic nitrogens is 3. The van der Waals surface area contributed by atoms with Crippen LogP contribution in [0.4, 0.5) is 5.69 Å². The molecule has 0 saturated heterocycles. The summed E-state index contributed by atoms with van der Waals surface area (Å²) in [5.41, 5.74) is 4.43. The van der Waals surface area contributed by atoms with Gasteiger partial charge in [0.05, 0.1) is 17.0 Å². The Balaban J connectivity index is 1.66. The van der Waals surface area contributed by atoms with E-state index in [9.17, 15) is 9.90 Å². The van der Waals surface area contributed by atoms with Crippen LogP contribution in [0.2, 0.25) is 0 Å². The number of rotatable bonds is 6. The minimum atomic E-state index is -0.128. The molecule has 1 heterocycles. The van der Waals surface area contributed by atoms with Gasteiger partial charge in [-0.15, -0.1) is 10.2 Å². The zero-order valence-corrected chi connectivity index (χ0v) is 20.5. The highest BCUT2D eigenvalue weighted by molar-refractivity contribution is 14.1. The first-order valence-corrected chi connectivity index (χ1v) is 12.0. The molecule has 0 unspecified atom stereocenters. The number of hydrogen-bond donors (Lipinski definition) is 2. The van der Waals surface area contributed by atoms with E-state index in [0.29, 0.717) is 16.5 Å². The first kappa shape index (κ1) is 22.3. The van der Waals surface area contributed by atoms with Gasteiger partial charge in [-0.05, 0) is 78.4 Å². The van der Waals surface area contributed by atoms with Crippen molar-refractivity contribution in [1.82, 2.24) is 14.8 Å². The van der Waals surface area contributed by atoms with E-state index in [1.807, 2.05) is 60.9 Å². The highest BCUT2D eigenvalue weighted by atomic mass is 127. The van der Waals surface area contributed by atoms with Gasteiger partial charge in [-0.3, -0.25) is 9.36 Å². The van der Waals surface area contributed by atoms with Gasteiger partial charge in [-0.2, -0.15) is 0 Å². The van der Waals surface area contributed by atoms with Crippen molar-refractivity contribution in [2.45, 2.75) is 19.0 Å². The van der Waals surface area contributed by atoms with E-state index >= 15 is 0 Å². The second-order valence-corrected chi connectivity index (χ2v) is 9.48. The number of phenolic OH excluding ortho intramolecular Hbond substituents is 1. The molecule has 3 aromatic carbocycles. The van der Waals surface area contributed by atoms with Crippen molar-refractivity contribution in [2.75, 3.05) is 11.1 Å². The van der Waals surface area contributed by atoms with Gasteiger partial charge in [0.25, 0.3) is 0 Å². The summed E-state index contributed by atoms with van der Waals surface area (Å²) >= 11 is 3.51. The van der Waals surface area contributed by atoms with Gasteiger partial charge in [0.15, 0.2) is 11.0 Å². The van der Waals surface area contributed by atoms with Crippen LogP contribution in [0, 0.1) is 17.4 Å². The number of thioether (sulfide) groups is 1. The Morgan fingerprint density at radius 3 is 2.62 bits per heavy atom. The molecule has 0 aliphatic heterocycles. The van der Waals surface area contributed by atoms with Crippen molar-refractivity contribution in [1.29, 1.82) is 0 Å². The van der Waals surface area contributed by atoms with Crippen LogP contribution in [-0.2, 0) is 4.79 Å². The molecule has 1 aromatic heterocycles. The number of anilines is 1. The fourth-order valence-electron chi connectivity index (χ4n) is 3.37. The van der Waals surface area contributed by atoms with Gasteiger partial charge < -0.3 is 10.4 Å². The summed E-state index contributed by atoms with van der Waals surface area (Å²) in [6.07, 6.45) is 0. The summed E-state index contributed by atoms with van der Waals surface area (Å²) in [5, 5.41) is 22.6. The van der Waals surface area contributed by atoms with Crippen molar-refractivity contribution >= 4 is 45.9 Å². The number of halogens is 1. The van der Waals surface area contributed by atoms with E-state index in [0.717, 1.165) is 26.1 Å². The third-order valence-electron chi connectivity index (χ3n) is 4.81. The Morgan fingerprint density at radius 2 is 1.88 bits per heavy atom. The first-order chi connectivity index (χ1) is 15.4. The summed E-state index contributed by atoms with van der Waals surface area (Å²) < 4.78 is 2.95. The van der Waals surface area contributed by atoms with E-state index in [2.05, 4.69) is 44.2 Å². The zero-order valence-electron chi connectivity index (χ0n) is 17.5. The standard InChI is InChI=1S/C24H21IN4O2S/c1-15-10-11-20(16(2)12-15)29-23(19-8-3-4-9-21(19)30)27-28-24(29)32-14-22(31)26-18-7-5-6-17(25)13-18/h3-13,30H,14H2,1-2H3,(H,26,31). The predicted molar refractivity (Wildman–Crippen MR) is 136 cm³/mol. The summed E-state index contributed by atoms with van der Waals surface area (Å²) in [4.78, 5) is 12.6.